The van der Waals surface area contributed by atoms with Crippen LogP contribution in [0, 0.1) is 0 Å². The summed E-state index contributed by atoms with van der Waals surface area (Å²) in [7, 11) is 0. The first-order valence-corrected chi connectivity index (χ1v) is 5.80. The van der Waals surface area contributed by atoms with Crippen LogP contribution in [0.5, 0.6) is 5.75 Å². The topological polar surface area (TPSA) is 48.1 Å². The van der Waals surface area contributed by atoms with E-state index in [1.165, 1.54) is 12.8 Å². The van der Waals surface area contributed by atoms with Gasteiger partial charge in [0.1, 0.15) is 11.6 Å². The molecular weight excluding hydrogens is 212 g/mol. The SMILES string of the molecule is Nc1cc(-c2ccc(OC3CC3)cc2)ccn1. The summed E-state index contributed by atoms with van der Waals surface area (Å²) in [5, 5.41) is 0. The number of nitrogens with zero attached hydrogens (tertiary/aromatic N) is 1. The van der Waals surface area contributed by atoms with Gasteiger partial charge < -0.3 is 10.5 Å². The lowest BCUT2D eigenvalue weighted by Gasteiger charge is -2.06. The Morgan fingerprint density at radius 3 is 2.47 bits per heavy atom. The Balaban J connectivity index is 1.83. The van der Waals surface area contributed by atoms with Crippen LogP contribution < -0.4 is 10.5 Å². The molecule has 0 unspecified atom stereocenters. The number of rotatable bonds is 3. The summed E-state index contributed by atoms with van der Waals surface area (Å²) < 4.78 is 5.70. The Morgan fingerprint density at radius 1 is 1.06 bits per heavy atom. The minimum absolute atomic E-state index is 0.442. The molecule has 1 saturated carbocycles. The van der Waals surface area contributed by atoms with Crippen LogP contribution in [0.15, 0.2) is 42.6 Å². The summed E-state index contributed by atoms with van der Waals surface area (Å²) in [6.07, 6.45) is 4.53. The Bertz CT molecular complexity index is 518. The van der Waals surface area contributed by atoms with Crippen LogP contribution in [-0.2, 0) is 0 Å². The molecule has 0 amide bonds. The molecule has 1 aliphatic carbocycles. The van der Waals surface area contributed by atoms with Crippen LogP contribution in [0.2, 0.25) is 0 Å². The van der Waals surface area contributed by atoms with Crippen molar-refractivity contribution in [2.24, 2.45) is 0 Å². The lowest BCUT2D eigenvalue weighted by molar-refractivity contribution is 0.303. The number of hydrogen-bond acceptors (Lipinski definition) is 3. The van der Waals surface area contributed by atoms with Gasteiger partial charge in [0.15, 0.2) is 0 Å². The van der Waals surface area contributed by atoms with E-state index in [0.717, 1.165) is 16.9 Å². The maximum atomic E-state index is 5.70. The largest absolute Gasteiger partial charge is 0.490 e. The highest BCUT2D eigenvalue weighted by Gasteiger charge is 2.23. The molecule has 17 heavy (non-hydrogen) atoms. The van der Waals surface area contributed by atoms with Crippen molar-refractivity contribution in [1.29, 1.82) is 0 Å². The summed E-state index contributed by atoms with van der Waals surface area (Å²) in [5.41, 5.74) is 7.87. The van der Waals surface area contributed by atoms with Crippen molar-refractivity contribution >= 4 is 5.82 Å². The standard InChI is InChI=1S/C14H14N2O/c15-14-9-11(7-8-16-14)10-1-3-12(4-2-10)17-13-5-6-13/h1-4,7-9,13H,5-6H2,(H2,15,16). The smallest absolute Gasteiger partial charge is 0.123 e. The third kappa shape index (κ3) is 2.38. The second-order valence-electron chi connectivity index (χ2n) is 4.31. The number of pyridine rings is 1. The molecule has 3 nitrogen and oxygen atoms in total. The fourth-order valence-electron chi connectivity index (χ4n) is 1.73. The molecule has 2 aromatic rings. The van der Waals surface area contributed by atoms with Gasteiger partial charge in [0.25, 0.3) is 0 Å². The van der Waals surface area contributed by atoms with E-state index in [1.54, 1.807) is 6.20 Å². The molecule has 0 bridgehead atoms. The first-order chi connectivity index (χ1) is 8.31. The summed E-state index contributed by atoms with van der Waals surface area (Å²) in [6, 6.07) is 11.9. The molecule has 86 valence electrons. The van der Waals surface area contributed by atoms with Crippen molar-refractivity contribution in [3.63, 3.8) is 0 Å². The number of ether oxygens (including phenoxy) is 1. The lowest BCUT2D eigenvalue weighted by Crippen LogP contribution is -1.95. The monoisotopic (exact) mass is 226 g/mol. The van der Waals surface area contributed by atoms with Gasteiger partial charge >= 0.3 is 0 Å². The highest BCUT2D eigenvalue weighted by atomic mass is 16.5. The van der Waals surface area contributed by atoms with E-state index in [4.69, 9.17) is 10.5 Å². The summed E-state index contributed by atoms with van der Waals surface area (Å²) in [5.74, 6) is 1.49. The summed E-state index contributed by atoms with van der Waals surface area (Å²) in [6.45, 7) is 0. The van der Waals surface area contributed by atoms with Crippen molar-refractivity contribution in [1.82, 2.24) is 4.98 Å². The van der Waals surface area contributed by atoms with Gasteiger partial charge in [0.2, 0.25) is 0 Å². The normalized spacial score (nSPS) is 14.6. The van der Waals surface area contributed by atoms with Gasteiger partial charge in [0.05, 0.1) is 6.10 Å². The van der Waals surface area contributed by atoms with E-state index in [0.29, 0.717) is 11.9 Å². The third-order valence-electron chi connectivity index (χ3n) is 2.80. The van der Waals surface area contributed by atoms with E-state index in [-0.39, 0.29) is 0 Å². The molecule has 0 spiro atoms. The van der Waals surface area contributed by atoms with Crippen molar-refractivity contribution in [2.75, 3.05) is 5.73 Å². The minimum atomic E-state index is 0.442. The molecule has 2 N–H and O–H groups in total. The zero-order valence-corrected chi connectivity index (χ0v) is 9.47. The molecule has 1 heterocycles. The van der Waals surface area contributed by atoms with Gasteiger partial charge in [-0.25, -0.2) is 4.98 Å². The van der Waals surface area contributed by atoms with Crippen LogP contribution in [0.3, 0.4) is 0 Å². The van der Waals surface area contributed by atoms with Crippen molar-refractivity contribution < 1.29 is 4.74 Å². The zero-order valence-electron chi connectivity index (χ0n) is 9.47. The molecule has 0 atom stereocenters. The first-order valence-electron chi connectivity index (χ1n) is 5.80. The fourth-order valence-corrected chi connectivity index (χ4v) is 1.73. The van der Waals surface area contributed by atoms with Crippen LogP contribution >= 0.6 is 0 Å². The summed E-state index contributed by atoms with van der Waals surface area (Å²) in [4.78, 5) is 3.98. The van der Waals surface area contributed by atoms with Crippen LogP contribution in [0.25, 0.3) is 11.1 Å². The predicted octanol–water partition coefficient (Wildman–Crippen LogP) is 2.87. The Morgan fingerprint density at radius 2 is 1.82 bits per heavy atom. The molecule has 3 rings (SSSR count). The van der Waals surface area contributed by atoms with Gasteiger partial charge in [-0.2, -0.15) is 0 Å². The van der Waals surface area contributed by atoms with Gasteiger partial charge in [-0.15, -0.1) is 0 Å². The molecule has 1 fully saturated rings. The molecular formula is C14H14N2O. The molecule has 1 aromatic heterocycles. The van der Waals surface area contributed by atoms with E-state index in [2.05, 4.69) is 4.98 Å². The van der Waals surface area contributed by atoms with Gasteiger partial charge in [-0.3, -0.25) is 0 Å². The maximum Gasteiger partial charge on any atom is 0.123 e. The number of anilines is 1. The number of hydrogen-bond donors (Lipinski definition) is 1. The average Bonchev–Trinajstić information content (AvgIpc) is 3.14. The maximum absolute atomic E-state index is 5.70. The van der Waals surface area contributed by atoms with Gasteiger partial charge in [-0.1, -0.05) is 12.1 Å². The van der Waals surface area contributed by atoms with Crippen LogP contribution in [0.4, 0.5) is 5.82 Å². The van der Waals surface area contributed by atoms with Crippen molar-refractivity contribution in [3.8, 4) is 16.9 Å². The lowest BCUT2D eigenvalue weighted by atomic mass is 10.1. The fraction of sp³-hybridized carbons (Fsp3) is 0.214. The number of nitrogens with two attached hydrogens (primary N) is 1. The Hall–Kier alpha value is -2.03. The number of nitrogen functional groups attached to an aromatic ring is 1. The van der Waals surface area contributed by atoms with Crippen molar-refractivity contribution in [2.45, 2.75) is 18.9 Å². The highest BCUT2D eigenvalue weighted by Crippen LogP contribution is 2.28. The molecule has 0 aliphatic heterocycles. The number of benzene rings is 1. The van der Waals surface area contributed by atoms with E-state index in [9.17, 15) is 0 Å². The molecule has 0 radical (unpaired) electrons. The minimum Gasteiger partial charge on any atom is -0.490 e. The second-order valence-corrected chi connectivity index (χ2v) is 4.31. The third-order valence-corrected chi connectivity index (χ3v) is 2.80. The van der Waals surface area contributed by atoms with Crippen LogP contribution in [0.1, 0.15) is 12.8 Å². The van der Waals surface area contributed by atoms with E-state index in [1.807, 2.05) is 36.4 Å². The van der Waals surface area contributed by atoms with E-state index >= 15 is 0 Å². The average molecular weight is 226 g/mol. The first kappa shape index (κ1) is 10.1. The quantitative estimate of drug-likeness (QED) is 0.875. The van der Waals surface area contributed by atoms with Gasteiger partial charge in [0, 0.05) is 6.20 Å². The second kappa shape index (κ2) is 4.09. The van der Waals surface area contributed by atoms with Crippen LogP contribution in [-0.4, -0.2) is 11.1 Å². The Labute approximate surface area is 100 Å². The summed E-state index contributed by atoms with van der Waals surface area (Å²) >= 11 is 0. The van der Waals surface area contributed by atoms with Gasteiger partial charge in [-0.05, 0) is 48.2 Å². The highest BCUT2D eigenvalue weighted by molar-refractivity contribution is 5.66. The Kier molecular flexibility index (Phi) is 2.44. The zero-order chi connectivity index (χ0) is 11.7. The van der Waals surface area contributed by atoms with E-state index < -0.39 is 0 Å². The molecule has 3 heteroatoms. The molecule has 1 aliphatic rings. The predicted molar refractivity (Wildman–Crippen MR) is 67.7 cm³/mol. The molecule has 0 saturated heterocycles. The molecule has 1 aromatic carbocycles. The van der Waals surface area contributed by atoms with Crippen molar-refractivity contribution in [3.05, 3.63) is 42.6 Å². The number of aromatic nitrogens is 1.